The van der Waals surface area contributed by atoms with E-state index in [0.29, 0.717) is 6.61 Å². The third-order valence-electron chi connectivity index (χ3n) is 3.26. The monoisotopic (exact) mass is 392 g/mol. The molecule has 4 rings (SSSR count). The van der Waals surface area contributed by atoms with E-state index in [0.717, 1.165) is 12.2 Å². The Hall–Kier alpha value is -0.197. The fourth-order valence-electron chi connectivity index (χ4n) is 2.02. The maximum Gasteiger partial charge on any atom is 2.00 e. The number of rotatable bonds is 1. The third-order valence-corrected chi connectivity index (χ3v) is 3.26. The summed E-state index contributed by atoms with van der Waals surface area (Å²) in [5, 5.41) is 0. The van der Waals surface area contributed by atoms with Crippen LogP contribution in [0, 0.1) is 83.1 Å². The Balaban J connectivity index is 0.000000216. The Morgan fingerprint density at radius 2 is 1.25 bits per heavy atom. The molecule has 1 aliphatic heterocycles. The van der Waals surface area contributed by atoms with E-state index in [4.69, 9.17) is 4.74 Å². The van der Waals surface area contributed by atoms with Gasteiger partial charge in [-0.3, -0.25) is 0 Å². The van der Waals surface area contributed by atoms with Crippen molar-refractivity contribution in [2.45, 2.75) is 0 Å². The van der Waals surface area contributed by atoms with Crippen LogP contribution in [0.3, 0.4) is 0 Å². The van der Waals surface area contributed by atoms with Gasteiger partial charge in [0, 0.05) is 6.61 Å². The molecule has 3 fully saturated rings. The summed E-state index contributed by atoms with van der Waals surface area (Å²) in [6, 6.07) is 10.1. The maximum atomic E-state index is 5.28. The van der Waals surface area contributed by atoms with E-state index >= 15 is 0 Å². The van der Waals surface area contributed by atoms with Crippen molar-refractivity contribution in [3.8, 4) is 0 Å². The molecule has 1 nitrogen and oxygen atoms in total. The summed E-state index contributed by atoms with van der Waals surface area (Å²) in [4.78, 5) is 0. The summed E-state index contributed by atoms with van der Waals surface area (Å²) < 4.78 is 5.28. The van der Waals surface area contributed by atoms with Gasteiger partial charge in [0.25, 0.3) is 0 Å². The molecule has 10 radical (unpaired) electrons. The van der Waals surface area contributed by atoms with Gasteiger partial charge >= 0.3 is 26.2 Å². The molecule has 3 aliphatic rings. The molecule has 2 saturated carbocycles. The number of ether oxygens (including phenoxy) is 1. The number of hydrogen-bond acceptors (Lipinski definition) is 1. The van der Waals surface area contributed by atoms with Crippen LogP contribution in [0.5, 0.6) is 0 Å². The van der Waals surface area contributed by atoms with Gasteiger partial charge < -0.3 is 11.7 Å². The zero-order valence-electron chi connectivity index (χ0n) is 13.8. The second kappa shape index (κ2) is 14.0. The second-order valence-electron chi connectivity index (χ2n) is 5.15. The predicted octanol–water partition coefficient (Wildman–Crippen LogP) is 4.29. The smallest absolute Gasteiger partial charge is 0.380 e. The minimum atomic E-state index is 0. The SMILES string of the molecule is [CH2-]C1COCC1=[C-]c1ccccc1.[CH]1[CH][CH][CH][CH]1.[CH]1[CH][CH][CH][CH]1.[Zr+2]. The first kappa shape index (κ1) is 21.8. The van der Waals surface area contributed by atoms with Crippen molar-refractivity contribution >= 4 is 0 Å². The van der Waals surface area contributed by atoms with E-state index in [1.54, 1.807) is 0 Å². The first-order valence-corrected chi connectivity index (χ1v) is 7.78. The van der Waals surface area contributed by atoms with Gasteiger partial charge in [-0.15, -0.1) is 23.6 Å². The van der Waals surface area contributed by atoms with Crippen molar-refractivity contribution in [3.63, 3.8) is 0 Å². The van der Waals surface area contributed by atoms with E-state index in [-0.39, 0.29) is 32.1 Å². The Labute approximate surface area is 168 Å². The van der Waals surface area contributed by atoms with Crippen molar-refractivity contribution in [1.29, 1.82) is 0 Å². The van der Waals surface area contributed by atoms with Crippen LogP contribution in [0.2, 0.25) is 0 Å². The Morgan fingerprint density at radius 3 is 1.62 bits per heavy atom. The van der Waals surface area contributed by atoms with Crippen molar-refractivity contribution in [3.05, 3.63) is 119 Å². The largest absolute Gasteiger partial charge is 2.00 e. The second-order valence-corrected chi connectivity index (χ2v) is 5.15. The Morgan fingerprint density at radius 1 is 0.792 bits per heavy atom. The fraction of sp³-hybridized carbons (Fsp3) is 0.136. The topological polar surface area (TPSA) is 9.23 Å². The Bertz CT molecular complexity index is 407. The Kier molecular flexibility index (Phi) is 12.8. The molecule has 24 heavy (non-hydrogen) atoms. The number of hydrogen-bond donors (Lipinski definition) is 0. The quantitative estimate of drug-likeness (QED) is 0.647. The average molecular weight is 394 g/mol. The van der Waals surface area contributed by atoms with Gasteiger partial charge in [0.1, 0.15) is 0 Å². The molecule has 0 aromatic heterocycles. The van der Waals surface area contributed by atoms with Gasteiger partial charge in [-0.25, -0.2) is 0 Å². The van der Waals surface area contributed by atoms with Crippen LogP contribution < -0.4 is 0 Å². The minimum absolute atomic E-state index is 0. The van der Waals surface area contributed by atoms with Gasteiger partial charge in [-0.1, -0.05) is 6.07 Å². The fourth-order valence-corrected chi connectivity index (χ4v) is 2.02. The predicted molar refractivity (Wildman–Crippen MR) is 95.0 cm³/mol. The molecule has 2 aliphatic carbocycles. The zero-order chi connectivity index (χ0) is 16.2. The van der Waals surface area contributed by atoms with Crippen molar-refractivity contribution in [2.24, 2.45) is 5.92 Å². The molecule has 1 aromatic carbocycles. The van der Waals surface area contributed by atoms with Crippen LogP contribution >= 0.6 is 0 Å². The van der Waals surface area contributed by atoms with Crippen LogP contribution in [0.4, 0.5) is 0 Å². The normalized spacial score (nSPS) is 23.7. The van der Waals surface area contributed by atoms with E-state index in [2.05, 4.69) is 13.0 Å². The first-order chi connectivity index (χ1) is 11.4. The van der Waals surface area contributed by atoms with Crippen LogP contribution in [0.15, 0.2) is 35.9 Å². The minimum Gasteiger partial charge on any atom is -0.380 e. The summed E-state index contributed by atoms with van der Waals surface area (Å²) in [5.74, 6) is 0.278. The summed E-state index contributed by atoms with van der Waals surface area (Å²) in [6.07, 6.45) is 23.3. The zero-order valence-corrected chi connectivity index (χ0v) is 16.2. The van der Waals surface area contributed by atoms with Gasteiger partial charge in [-0.2, -0.15) is 23.8 Å². The molecule has 2 heteroatoms. The molecule has 1 saturated heterocycles. The molecular weight excluding hydrogens is 371 g/mol. The molecular formula is C22H22OZr. The van der Waals surface area contributed by atoms with E-state index in [9.17, 15) is 0 Å². The summed E-state index contributed by atoms with van der Waals surface area (Å²) in [5.41, 5.74) is 2.28. The summed E-state index contributed by atoms with van der Waals surface area (Å²) in [6.45, 7) is 5.41. The van der Waals surface area contributed by atoms with Crippen LogP contribution in [-0.2, 0) is 30.9 Å². The molecule has 0 N–H and O–H groups in total. The van der Waals surface area contributed by atoms with Crippen molar-refractivity contribution < 1.29 is 30.9 Å². The third kappa shape index (κ3) is 9.33. The average Bonchev–Trinajstić information content (AvgIpc) is 3.36. The number of benzene rings is 1. The molecule has 0 bridgehead atoms. The summed E-state index contributed by atoms with van der Waals surface area (Å²) in [7, 11) is 0. The van der Waals surface area contributed by atoms with Gasteiger partial charge in [0.2, 0.25) is 0 Å². The van der Waals surface area contributed by atoms with Gasteiger partial charge in [0.15, 0.2) is 0 Å². The van der Waals surface area contributed by atoms with Crippen LogP contribution in [0.25, 0.3) is 0 Å². The van der Waals surface area contributed by atoms with Crippen molar-refractivity contribution in [2.75, 3.05) is 13.2 Å². The maximum absolute atomic E-state index is 5.28. The van der Waals surface area contributed by atoms with E-state index in [1.165, 1.54) is 5.57 Å². The summed E-state index contributed by atoms with van der Waals surface area (Å²) >= 11 is 0. The van der Waals surface area contributed by atoms with Gasteiger partial charge in [-0.05, 0) is 64.2 Å². The molecule has 1 aromatic rings. The van der Waals surface area contributed by atoms with Crippen LogP contribution in [0.1, 0.15) is 5.56 Å². The molecule has 1 unspecified atom stereocenters. The molecule has 1 heterocycles. The van der Waals surface area contributed by atoms with Crippen molar-refractivity contribution in [1.82, 2.24) is 0 Å². The molecule has 0 amide bonds. The van der Waals surface area contributed by atoms with E-state index < -0.39 is 0 Å². The standard InChI is InChI=1S/C12H12O.2C5H5.Zr/c1-10-8-13-9-12(10)7-11-5-3-2-4-6-11;2*1-2-4-5-3-1;/h2-6,10H,1,8-9H2;2*1-5H;/q-2;;;+2. The van der Waals surface area contributed by atoms with Crippen LogP contribution in [-0.4, -0.2) is 13.2 Å². The first-order valence-electron chi connectivity index (χ1n) is 7.78. The molecule has 120 valence electrons. The van der Waals surface area contributed by atoms with E-state index in [1.807, 2.05) is 94.5 Å². The van der Waals surface area contributed by atoms with Gasteiger partial charge in [0.05, 0.1) is 6.61 Å². The molecule has 0 spiro atoms. The molecule has 1 atom stereocenters.